The summed E-state index contributed by atoms with van der Waals surface area (Å²) in [4.78, 5) is 17.0. The molecule has 1 unspecified atom stereocenters. The summed E-state index contributed by atoms with van der Waals surface area (Å²) in [5.74, 6) is 1.51. The van der Waals surface area contributed by atoms with Gasteiger partial charge in [0.1, 0.15) is 5.82 Å². The van der Waals surface area contributed by atoms with Gasteiger partial charge in [-0.1, -0.05) is 62.7 Å². The Hall–Kier alpha value is -2.62. The van der Waals surface area contributed by atoms with Crippen molar-refractivity contribution in [2.75, 3.05) is 6.54 Å². The molecule has 1 atom stereocenters. The molecule has 1 heterocycles. The van der Waals surface area contributed by atoms with E-state index >= 15 is 0 Å². The summed E-state index contributed by atoms with van der Waals surface area (Å²) < 4.78 is 2.39. The van der Waals surface area contributed by atoms with Crippen molar-refractivity contribution in [2.24, 2.45) is 5.92 Å². The second-order valence-corrected chi connectivity index (χ2v) is 8.09. The van der Waals surface area contributed by atoms with Gasteiger partial charge >= 0.3 is 0 Å². The second kappa shape index (κ2) is 11.0. The van der Waals surface area contributed by atoms with E-state index in [9.17, 15) is 4.79 Å². The van der Waals surface area contributed by atoms with Crippen molar-refractivity contribution in [2.45, 2.75) is 65.3 Å². The Balaban J connectivity index is 1.60. The Labute approximate surface area is 180 Å². The van der Waals surface area contributed by atoms with E-state index in [4.69, 9.17) is 4.98 Å². The second-order valence-electron chi connectivity index (χ2n) is 8.09. The molecule has 4 heteroatoms. The highest BCUT2D eigenvalue weighted by Gasteiger charge is 2.17. The van der Waals surface area contributed by atoms with Crippen molar-refractivity contribution >= 4 is 16.9 Å². The van der Waals surface area contributed by atoms with Crippen LogP contribution in [0, 0.1) is 5.92 Å². The van der Waals surface area contributed by atoms with E-state index in [1.807, 2.05) is 0 Å². The van der Waals surface area contributed by atoms with Crippen LogP contribution in [0.5, 0.6) is 0 Å². The fourth-order valence-electron chi connectivity index (χ4n) is 4.18. The molecule has 3 aromatic rings. The van der Waals surface area contributed by atoms with Crippen molar-refractivity contribution in [1.29, 1.82) is 0 Å². The van der Waals surface area contributed by atoms with E-state index in [2.05, 4.69) is 85.3 Å². The molecule has 3 rings (SSSR count). The van der Waals surface area contributed by atoms with E-state index in [1.165, 1.54) is 11.1 Å². The topological polar surface area (TPSA) is 46.9 Å². The van der Waals surface area contributed by atoms with Crippen LogP contribution in [0.2, 0.25) is 0 Å². The van der Waals surface area contributed by atoms with Gasteiger partial charge in [0, 0.05) is 18.9 Å². The molecule has 30 heavy (non-hydrogen) atoms. The quantitative estimate of drug-likeness (QED) is 0.403. The number of rotatable bonds is 11. The van der Waals surface area contributed by atoms with Crippen LogP contribution in [0.3, 0.4) is 0 Å². The van der Waals surface area contributed by atoms with E-state index in [0.717, 1.165) is 56.4 Å². The average Bonchev–Trinajstić information content (AvgIpc) is 3.15. The maximum atomic E-state index is 12.1. The molecule has 0 radical (unpaired) electrons. The van der Waals surface area contributed by atoms with Crippen LogP contribution in [-0.2, 0) is 11.2 Å². The number of fused-ring (bicyclic) bond motifs is 1. The van der Waals surface area contributed by atoms with Crippen molar-refractivity contribution in [3.05, 3.63) is 66.0 Å². The molecular formula is C26H35N3O. The van der Waals surface area contributed by atoms with Gasteiger partial charge in [-0.25, -0.2) is 4.98 Å². The summed E-state index contributed by atoms with van der Waals surface area (Å²) in [5, 5.41) is 3.10. The zero-order valence-corrected chi connectivity index (χ0v) is 18.6. The van der Waals surface area contributed by atoms with Gasteiger partial charge in [0.2, 0.25) is 5.91 Å². The summed E-state index contributed by atoms with van der Waals surface area (Å²) in [6, 6.07) is 19.3. The normalized spacial score (nSPS) is 12.4. The van der Waals surface area contributed by atoms with Crippen molar-refractivity contribution in [3.63, 3.8) is 0 Å². The van der Waals surface area contributed by atoms with Crippen LogP contribution in [0.4, 0.5) is 0 Å². The highest BCUT2D eigenvalue weighted by Crippen LogP contribution is 2.26. The molecular weight excluding hydrogens is 370 g/mol. The number of unbranched alkanes of at least 4 members (excludes halogenated alkanes) is 2. The third-order valence-corrected chi connectivity index (χ3v) is 6.07. The molecule has 2 aromatic carbocycles. The maximum absolute atomic E-state index is 12.1. The molecule has 0 saturated carbocycles. The Morgan fingerprint density at radius 2 is 1.67 bits per heavy atom. The Morgan fingerprint density at radius 1 is 0.967 bits per heavy atom. The molecule has 0 aliphatic carbocycles. The molecule has 0 aliphatic rings. The van der Waals surface area contributed by atoms with Crippen LogP contribution in [0.25, 0.3) is 11.0 Å². The van der Waals surface area contributed by atoms with Crippen LogP contribution in [0.1, 0.15) is 70.3 Å². The van der Waals surface area contributed by atoms with Crippen LogP contribution < -0.4 is 5.32 Å². The van der Waals surface area contributed by atoms with Crippen LogP contribution in [0.15, 0.2) is 54.6 Å². The minimum Gasteiger partial charge on any atom is -0.356 e. The van der Waals surface area contributed by atoms with E-state index < -0.39 is 0 Å². The predicted molar refractivity (Wildman–Crippen MR) is 125 cm³/mol. The van der Waals surface area contributed by atoms with E-state index in [1.54, 1.807) is 0 Å². The molecule has 1 aromatic heterocycles. The number of carbonyl (C=O) groups is 1. The number of benzene rings is 2. The lowest BCUT2D eigenvalue weighted by molar-refractivity contribution is -0.125. The summed E-state index contributed by atoms with van der Waals surface area (Å²) in [6.45, 7) is 7.18. The lowest BCUT2D eigenvalue weighted by Gasteiger charge is -2.18. The Morgan fingerprint density at radius 3 is 2.40 bits per heavy atom. The van der Waals surface area contributed by atoms with Gasteiger partial charge in [0.25, 0.3) is 0 Å². The lowest BCUT2D eigenvalue weighted by Crippen LogP contribution is -2.30. The number of hydrogen-bond donors (Lipinski definition) is 1. The Bertz CT molecular complexity index is 928. The third kappa shape index (κ3) is 5.29. The number of imidazole rings is 1. The molecule has 1 N–H and O–H groups in total. The molecule has 4 nitrogen and oxygen atoms in total. The number of para-hydroxylation sites is 2. The molecule has 1 amide bonds. The first-order valence-electron chi connectivity index (χ1n) is 11.4. The molecule has 0 saturated heterocycles. The van der Waals surface area contributed by atoms with E-state index in [-0.39, 0.29) is 17.9 Å². The summed E-state index contributed by atoms with van der Waals surface area (Å²) >= 11 is 0. The molecule has 0 bridgehead atoms. The molecule has 0 fully saturated rings. The van der Waals surface area contributed by atoms with Gasteiger partial charge in [0.15, 0.2) is 0 Å². The first-order valence-corrected chi connectivity index (χ1v) is 11.4. The minimum absolute atomic E-state index is 0.157. The molecule has 160 valence electrons. The smallest absolute Gasteiger partial charge is 0.223 e. The standard InChI is InChI=1S/C26H35N3O/c1-4-21(5-2)26(30)27-19-13-7-10-18-25-28-23-16-11-12-17-24(23)29(25)20(3)22-14-8-6-9-15-22/h6,8-9,11-12,14-17,20-21H,4-5,7,10,13,18-19H2,1-3H3,(H,27,30). The third-order valence-electron chi connectivity index (χ3n) is 6.07. The minimum atomic E-state index is 0.157. The number of hydrogen-bond acceptors (Lipinski definition) is 2. The SMILES string of the molecule is CCC(CC)C(=O)NCCCCCc1nc2ccccc2n1C(C)c1ccccc1. The maximum Gasteiger partial charge on any atom is 0.223 e. The van der Waals surface area contributed by atoms with Gasteiger partial charge in [-0.05, 0) is 50.3 Å². The van der Waals surface area contributed by atoms with Gasteiger partial charge in [0.05, 0.1) is 17.1 Å². The number of carbonyl (C=O) groups excluding carboxylic acids is 1. The first kappa shape index (κ1) is 22.1. The largest absolute Gasteiger partial charge is 0.356 e. The number of amides is 1. The van der Waals surface area contributed by atoms with Crippen molar-refractivity contribution in [3.8, 4) is 0 Å². The number of aromatic nitrogens is 2. The first-order chi connectivity index (χ1) is 14.7. The van der Waals surface area contributed by atoms with E-state index in [0.29, 0.717) is 0 Å². The molecule has 0 spiro atoms. The number of nitrogens with one attached hydrogen (secondary N) is 1. The summed E-state index contributed by atoms with van der Waals surface area (Å²) in [5.41, 5.74) is 3.56. The van der Waals surface area contributed by atoms with Gasteiger partial charge in [-0.15, -0.1) is 0 Å². The summed E-state index contributed by atoms with van der Waals surface area (Å²) in [7, 11) is 0. The number of nitrogens with zero attached hydrogens (tertiary/aromatic N) is 2. The van der Waals surface area contributed by atoms with Gasteiger partial charge < -0.3 is 9.88 Å². The zero-order valence-electron chi connectivity index (χ0n) is 18.6. The lowest BCUT2D eigenvalue weighted by atomic mass is 10.0. The highest BCUT2D eigenvalue weighted by molar-refractivity contribution is 5.78. The zero-order chi connectivity index (χ0) is 21.3. The van der Waals surface area contributed by atoms with Crippen molar-refractivity contribution < 1.29 is 4.79 Å². The molecule has 0 aliphatic heterocycles. The summed E-state index contributed by atoms with van der Waals surface area (Å²) in [6.07, 6.45) is 5.96. The van der Waals surface area contributed by atoms with Gasteiger partial charge in [-0.2, -0.15) is 0 Å². The fraction of sp³-hybridized carbons (Fsp3) is 0.462. The van der Waals surface area contributed by atoms with Gasteiger partial charge in [-0.3, -0.25) is 4.79 Å². The van der Waals surface area contributed by atoms with Crippen LogP contribution in [-0.4, -0.2) is 22.0 Å². The van der Waals surface area contributed by atoms with Crippen molar-refractivity contribution in [1.82, 2.24) is 14.9 Å². The fourth-order valence-corrected chi connectivity index (χ4v) is 4.18. The highest BCUT2D eigenvalue weighted by atomic mass is 16.1. The monoisotopic (exact) mass is 405 g/mol. The number of aryl methyl sites for hydroxylation is 1. The predicted octanol–water partition coefficient (Wildman–Crippen LogP) is 5.91. The Kier molecular flexibility index (Phi) is 8.06. The average molecular weight is 406 g/mol. The van der Waals surface area contributed by atoms with Crippen LogP contribution >= 0.6 is 0 Å².